The highest BCUT2D eigenvalue weighted by atomic mass is 16.5. The van der Waals surface area contributed by atoms with Crippen molar-refractivity contribution in [3.63, 3.8) is 0 Å². The number of piperidine rings is 1. The van der Waals surface area contributed by atoms with E-state index in [1.54, 1.807) is 17.7 Å². The first-order valence-electron chi connectivity index (χ1n) is 21.3. The van der Waals surface area contributed by atoms with Crippen LogP contribution in [0, 0.1) is 5.92 Å². The summed E-state index contributed by atoms with van der Waals surface area (Å²) >= 11 is 0. The van der Waals surface area contributed by atoms with Crippen molar-refractivity contribution >= 4 is 34.4 Å². The van der Waals surface area contributed by atoms with E-state index in [-0.39, 0.29) is 17.5 Å². The normalized spacial score (nSPS) is 16.7. The van der Waals surface area contributed by atoms with Gasteiger partial charge in [0.05, 0.1) is 54.2 Å². The van der Waals surface area contributed by atoms with E-state index in [0.29, 0.717) is 52.7 Å². The number of unbranched alkanes of at least 4 members (excludes halogenated alkanes) is 6. The van der Waals surface area contributed by atoms with Gasteiger partial charge in [0.2, 0.25) is 0 Å². The summed E-state index contributed by atoms with van der Waals surface area (Å²) in [5.41, 5.74) is 4.60. The Labute approximate surface area is 341 Å². The maximum absolute atomic E-state index is 14.3. The minimum absolute atomic E-state index is 0.0173. The second-order valence-corrected chi connectivity index (χ2v) is 16.0. The third-order valence-corrected chi connectivity index (χ3v) is 11.9. The van der Waals surface area contributed by atoms with Gasteiger partial charge in [-0.15, -0.1) is 0 Å². The summed E-state index contributed by atoms with van der Waals surface area (Å²) in [5.74, 6) is 3.37. The number of carbonyl (C=O) groups excluding carboxylic acids is 1. The summed E-state index contributed by atoms with van der Waals surface area (Å²) < 4.78 is 19.6. The predicted octanol–water partition coefficient (Wildman–Crippen LogP) is 9.81. The molecule has 0 spiro atoms. The first-order chi connectivity index (χ1) is 28.5. The van der Waals surface area contributed by atoms with Crippen LogP contribution in [0.5, 0.6) is 17.2 Å². The van der Waals surface area contributed by atoms with Crippen LogP contribution < -0.4 is 24.7 Å². The highest BCUT2D eigenvalue weighted by Gasteiger charge is 2.32. The molecule has 5 aromatic rings. The monoisotopic (exact) mass is 781 g/mol. The topological polar surface area (TPSA) is 98.5 Å². The highest BCUT2D eigenvalue weighted by Crippen LogP contribution is 2.38. The molecule has 3 aliphatic heterocycles. The minimum Gasteiger partial charge on any atom is -0.494 e. The standard InChI is InChI=1S/C48H55N5O5/c1-34-23-26-51(27-24-34)37-19-22-42-40(30-37)48(55)53(46(50-42)35-14-9-8-10-15-35)36-17-20-39(21-18-36)57-28-11-6-4-3-5-7-12-29-58-45-32-43-41(31-44(45)56-2)47(54)52-25-13-16-38(52)33-49-43/h8-10,14-15,17-22,30-34,38H,3-7,11-13,16,23-29H2,1-2H3/t38-/m0/s1. The van der Waals surface area contributed by atoms with Gasteiger partial charge in [0.15, 0.2) is 11.5 Å². The minimum atomic E-state index is -0.0727. The molecule has 0 radical (unpaired) electrons. The average Bonchev–Trinajstić information content (AvgIpc) is 3.69. The number of aromatic nitrogens is 2. The number of ether oxygens (including phenoxy) is 3. The number of hydrogen-bond donors (Lipinski definition) is 0. The second kappa shape index (κ2) is 18.3. The third kappa shape index (κ3) is 8.76. The van der Waals surface area contributed by atoms with E-state index in [0.717, 1.165) is 112 Å². The number of fused-ring (bicyclic) bond motifs is 3. The number of amides is 1. The number of benzene rings is 4. The molecule has 8 rings (SSSR count). The van der Waals surface area contributed by atoms with E-state index in [1.807, 2.05) is 83.9 Å². The van der Waals surface area contributed by atoms with Gasteiger partial charge < -0.3 is 24.0 Å². The maximum atomic E-state index is 14.3. The van der Waals surface area contributed by atoms with Crippen molar-refractivity contribution in [1.82, 2.24) is 14.5 Å². The molecule has 10 heteroatoms. The van der Waals surface area contributed by atoms with Crippen molar-refractivity contribution in [2.24, 2.45) is 10.9 Å². The Balaban J connectivity index is 0.797. The summed E-state index contributed by atoms with van der Waals surface area (Å²) in [6.07, 6.45) is 13.8. The predicted molar refractivity (Wildman–Crippen MR) is 232 cm³/mol. The lowest BCUT2D eigenvalue weighted by molar-refractivity contribution is 0.0774. The smallest absolute Gasteiger partial charge is 0.266 e. The molecule has 0 N–H and O–H groups in total. The zero-order valence-electron chi connectivity index (χ0n) is 33.9. The molecular weight excluding hydrogens is 727 g/mol. The number of aliphatic imine (C=N–C) groups is 1. The Bertz CT molecular complexity index is 2280. The molecule has 10 nitrogen and oxygen atoms in total. The van der Waals surface area contributed by atoms with Gasteiger partial charge >= 0.3 is 0 Å². The van der Waals surface area contributed by atoms with E-state index in [4.69, 9.17) is 19.2 Å². The number of anilines is 1. The Morgan fingerprint density at radius 1 is 0.724 bits per heavy atom. The van der Waals surface area contributed by atoms with Crippen molar-refractivity contribution < 1.29 is 19.0 Å². The maximum Gasteiger partial charge on any atom is 0.266 e. The summed E-state index contributed by atoms with van der Waals surface area (Å²) in [6.45, 7) is 6.33. The molecule has 0 saturated carbocycles. The number of carbonyl (C=O) groups is 1. The Hall–Kier alpha value is -5.64. The molecule has 2 fully saturated rings. The van der Waals surface area contributed by atoms with Crippen LogP contribution in [0.1, 0.15) is 87.9 Å². The van der Waals surface area contributed by atoms with Crippen LogP contribution >= 0.6 is 0 Å². The van der Waals surface area contributed by atoms with Gasteiger partial charge in [0, 0.05) is 43.2 Å². The first kappa shape index (κ1) is 39.2. The number of rotatable bonds is 16. The summed E-state index contributed by atoms with van der Waals surface area (Å²) in [5, 5.41) is 0.626. The number of methoxy groups -OCH3 is 1. The second-order valence-electron chi connectivity index (χ2n) is 16.0. The van der Waals surface area contributed by atoms with Gasteiger partial charge in [-0.1, -0.05) is 69.4 Å². The fourth-order valence-electron chi connectivity index (χ4n) is 8.43. The highest BCUT2D eigenvalue weighted by molar-refractivity contribution is 6.03. The van der Waals surface area contributed by atoms with E-state index >= 15 is 0 Å². The number of hydrogen-bond acceptors (Lipinski definition) is 8. The van der Waals surface area contributed by atoms with E-state index in [9.17, 15) is 9.59 Å². The Morgan fingerprint density at radius 2 is 1.43 bits per heavy atom. The lowest BCUT2D eigenvalue weighted by atomic mass is 9.98. The summed E-state index contributed by atoms with van der Waals surface area (Å²) in [6, 6.07) is 27.6. The van der Waals surface area contributed by atoms with Crippen molar-refractivity contribution in [3.8, 4) is 34.3 Å². The van der Waals surface area contributed by atoms with E-state index in [1.165, 1.54) is 6.42 Å². The first-order valence-corrected chi connectivity index (χ1v) is 21.3. The van der Waals surface area contributed by atoms with Crippen LogP contribution in [0.4, 0.5) is 11.4 Å². The Morgan fingerprint density at radius 3 is 2.17 bits per heavy atom. The molecule has 2 saturated heterocycles. The lowest BCUT2D eigenvalue weighted by Crippen LogP contribution is -2.35. The molecule has 302 valence electrons. The van der Waals surface area contributed by atoms with Gasteiger partial charge in [-0.3, -0.25) is 19.1 Å². The molecule has 4 heterocycles. The van der Waals surface area contributed by atoms with Crippen LogP contribution in [-0.4, -0.2) is 72.6 Å². The van der Waals surface area contributed by atoms with Gasteiger partial charge in [-0.05, 0) is 93.0 Å². The van der Waals surface area contributed by atoms with Crippen LogP contribution in [0.25, 0.3) is 28.0 Å². The van der Waals surface area contributed by atoms with Crippen molar-refractivity contribution in [2.45, 2.75) is 83.6 Å². The van der Waals surface area contributed by atoms with Crippen molar-refractivity contribution in [2.75, 3.05) is 44.9 Å². The fraction of sp³-hybridized carbons (Fsp3) is 0.417. The molecule has 58 heavy (non-hydrogen) atoms. The molecule has 1 atom stereocenters. The van der Waals surface area contributed by atoms with E-state index in [2.05, 4.69) is 22.9 Å². The molecular formula is C48H55N5O5. The summed E-state index contributed by atoms with van der Waals surface area (Å²) in [7, 11) is 1.61. The largest absolute Gasteiger partial charge is 0.494 e. The van der Waals surface area contributed by atoms with Gasteiger partial charge in [-0.2, -0.15) is 0 Å². The van der Waals surface area contributed by atoms with Crippen LogP contribution in [0.2, 0.25) is 0 Å². The van der Waals surface area contributed by atoms with Gasteiger partial charge in [0.1, 0.15) is 11.6 Å². The molecule has 4 aromatic carbocycles. The van der Waals surface area contributed by atoms with Crippen LogP contribution in [0.3, 0.4) is 0 Å². The molecule has 0 bridgehead atoms. The Kier molecular flexibility index (Phi) is 12.4. The summed E-state index contributed by atoms with van der Waals surface area (Å²) in [4.78, 5) is 41.4. The molecule has 0 unspecified atom stereocenters. The molecule has 1 aromatic heterocycles. The van der Waals surface area contributed by atoms with Gasteiger partial charge in [-0.25, -0.2) is 4.98 Å². The molecule has 1 amide bonds. The van der Waals surface area contributed by atoms with Crippen molar-refractivity contribution in [1.29, 1.82) is 0 Å². The number of nitrogens with zero attached hydrogens (tertiary/aromatic N) is 5. The molecule has 3 aliphatic rings. The average molecular weight is 782 g/mol. The van der Waals surface area contributed by atoms with Crippen molar-refractivity contribution in [3.05, 3.63) is 101 Å². The SMILES string of the molecule is COc1cc2c(cc1OCCCCCCCCCOc1ccc(-n3c(-c4ccccc4)nc4ccc(N5CCC(C)CC5)cc4c3=O)cc1)N=C[C@@H]1CCCN1C2=O. The van der Waals surface area contributed by atoms with Gasteiger partial charge in [0.25, 0.3) is 11.5 Å². The quantitative estimate of drug-likeness (QED) is 0.0920. The fourth-order valence-corrected chi connectivity index (χ4v) is 8.43. The van der Waals surface area contributed by atoms with E-state index < -0.39 is 0 Å². The zero-order valence-corrected chi connectivity index (χ0v) is 33.9. The van der Waals surface area contributed by atoms with Crippen LogP contribution in [0.15, 0.2) is 94.7 Å². The van der Waals surface area contributed by atoms with Crippen LogP contribution in [-0.2, 0) is 0 Å². The zero-order chi connectivity index (χ0) is 39.8. The lowest BCUT2D eigenvalue weighted by Gasteiger charge is -2.32. The molecule has 0 aliphatic carbocycles. The third-order valence-electron chi connectivity index (χ3n) is 11.9.